The SMILES string of the molecule is CC.CC(C)C1CCN(c2ccccc2)C1. The first-order valence-corrected chi connectivity index (χ1v) is 6.57. The van der Waals surface area contributed by atoms with Gasteiger partial charge in [-0.15, -0.1) is 0 Å². The van der Waals surface area contributed by atoms with Gasteiger partial charge < -0.3 is 4.90 Å². The highest BCUT2D eigenvalue weighted by molar-refractivity contribution is 5.46. The van der Waals surface area contributed by atoms with Crippen LogP contribution in [0, 0.1) is 11.8 Å². The summed E-state index contributed by atoms with van der Waals surface area (Å²) in [4.78, 5) is 2.50. The molecule has 1 fully saturated rings. The lowest BCUT2D eigenvalue weighted by Gasteiger charge is -2.19. The standard InChI is InChI=1S/C13H19N.C2H6/c1-11(2)12-8-9-14(10-12)13-6-4-3-5-7-13;1-2/h3-7,11-12H,8-10H2,1-2H3;1-2H3. The van der Waals surface area contributed by atoms with E-state index in [9.17, 15) is 0 Å². The molecule has 0 amide bonds. The van der Waals surface area contributed by atoms with Crippen molar-refractivity contribution in [2.24, 2.45) is 11.8 Å². The molecule has 0 bridgehead atoms. The third-order valence-electron chi connectivity index (χ3n) is 3.29. The summed E-state index contributed by atoms with van der Waals surface area (Å²) < 4.78 is 0. The molecule has 16 heavy (non-hydrogen) atoms. The van der Waals surface area contributed by atoms with E-state index in [2.05, 4.69) is 49.1 Å². The van der Waals surface area contributed by atoms with Gasteiger partial charge in [0.15, 0.2) is 0 Å². The van der Waals surface area contributed by atoms with E-state index in [4.69, 9.17) is 0 Å². The largest absolute Gasteiger partial charge is 0.371 e. The summed E-state index contributed by atoms with van der Waals surface area (Å²) in [5.74, 6) is 1.71. The summed E-state index contributed by atoms with van der Waals surface area (Å²) >= 11 is 0. The summed E-state index contributed by atoms with van der Waals surface area (Å²) in [5.41, 5.74) is 1.38. The zero-order valence-electron chi connectivity index (χ0n) is 11.1. The molecular formula is C15H25N. The Morgan fingerprint density at radius 2 is 1.75 bits per heavy atom. The van der Waals surface area contributed by atoms with E-state index in [0.717, 1.165) is 11.8 Å². The van der Waals surface area contributed by atoms with Crippen molar-refractivity contribution in [3.05, 3.63) is 30.3 Å². The second-order valence-corrected chi connectivity index (χ2v) is 4.57. The van der Waals surface area contributed by atoms with Crippen LogP contribution < -0.4 is 4.90 Å². The van der Waals surface area contributed by atoms with E-state index in [0.29, 0.717) is 0 Å². The Morgan fingerprint density at radius 3 is 2.25 bits per heavy atom. The van der Waals surface area contributed by atoms with E-state index in [-0.39, 0.29) is 0 Å². The summed E-state index contributed by atoms with van der Waals surface area (Å²) in [7, 11) is 0. The van der Waals surface area contributed by atoms with E-state index in [1.54, 1.807) is 0 Å². The normalized spacial score (nSPS) is 19.6. The molecule has 1 aliphatic heterocycles. The molecular weight excluding hydrogens is 194 g/mol. The smallest absolute Gasteiger partial charge is 0.0366 e. The topological polar surface area (TPSA) is 3.24 Å². The zero-order chi connectivity index (χ0) is 12.0. The van der Waals surface area contributed by atoms with Crippen LogP contribution in [0.2, 0.25) is 0 Å². The van der Waals surface area contributed by atoms with Crippen molar-refractivity contribution in [2.75, 3.05) is 18.0 Å². The number of benzene rings is 1. The van der Waals surface area contributed by atoms with Crippen LogP contribution in [-0.4, -0.2) is 13.1 Å². The van der Waals surface area contributed by atoms with Crippen LogP contribution in [0.4, 0.5) is 5.69 Å². The number of nitrogens with zero attached hydrogens (tertiary/aromatic N) is 1. The van der Waals surface area contributed by atoms with Crippen molar-refractivity contribution in [2.45, 2.75) is 34.1 Å². The molecule has 0 aromatic heterocycles. The Kier molecular flexibility index (Phi) is 5.37. The molecule has 0 radical (unpaired) electrons. The van der Waals surface area contributed by atoms with Gasteiger partial charge in [0.1, 0.15) is 0 Å². The Balaban J connectivity index is 0.000000606. The third kappa shape index (κ3) is 3.26. The fourth-order valence-electron chi connectivity index (χ4n) is 2.20. The second-order valence-electron chi connectivity index (χ2n) is 4.57. The van der Waals surface area contributed by atoms with E-state index >= 15 is 0 Å². The number of anilines is 1. The molecule has 2 rings (SSSR count). The van der Waals surface area contributed by atoms with Crippen molar-refractivity contribution in [3.63, 3.8) is 0 Å². The lowest BCUT2D eigenvalue weighted by atomic mass is 9.95. The maximum Gasteiger partial charge on any atom is 0.0366 e. The molecule has 1 aliphatic rings. The van der Waals surface area contributed by atoms with Crippen molar-refractivity contribution >= 4 is 5.69 Å². The minimum Gasteiger partial charge on any atom is -0.371 e. The molecule has 1 heteroatoms. The molecule has 1 aromatic carbocycles. The first-order chi connectivity index (χ1) is 7.77. The van der Waals surface area contributed by atoms with Crippen LogP contribution in [-0.2, 0) is 0 Å². The molecule has 0 saturated carbocycles. The third-order valence-corrected chi connectivity index (χ3v) is 3.29. The zero-order valence-corrected chi connectivity index (χ0v) is 11.1. The molecule has 0 spiro atoms. The lowest BCUT2D eigenvalue weighted by Crippen LogP contribution is -2.20. The highest BCUT2D eigenvalue weighted by Crippen LogP contribution is 2.27. The van der Waals surface area contributed by atoms with Crippen molar-refractivity contribution in [3.8, 4) is 0 Å². The van der Waals surface area contributed by atoms with Crippen LogP contribution in [0.1, 0.15) is 34.1 Å². The maximum atomic E-state index is 2.50. The van der Waals surface area contributed by atoms with Gasteiger partial charge in [0.2, 0.25) is 0 Å². The molecule has 90 valence electrons. The quantitative estimate of drug-likeness (QED) is 0.720. The van der Waals surface area contributed by atoms with Gasteiger partial charge in [-0.05, 0) is 30.4 Å². The van der Waals surface area contributed by atoms with E-state index in [1.165, 1.54) is 25.2 Å². The first kappa shape index (κ1) is 13.1. The fraction of sp³-hybridized carbons (Fsp3) is 0.600. The van der Waals surface area contributed by atoms with Gasteiger partial charge in [-0.1, -0.05) is 45.9 Å². The minimum atomic E-state index is 0.823. The highest BCUT2D eigenvalue weighted by atomic mass is 15.1. The van der Waals surface area contributed by atoms with Gasteiger partial charge in [-0.3, -0.25) is 0 Å². The molecule has 1 saturated heterocycles. The second kappa shape index (κ2) is 6.57. The Morgan fingerprint density at radius 1 is 1.12 bits per heavy atom. The predicted octanol–water partition coefficient (Wildman–Crippen LogP) is 4.20. The molecule has 1 aromatic rings. The lowest BCUT2D eigenvalue weighted by molar-refractivity contribution is 0.423. The summed E-state index contributed by atoms with van der Waals surface area (Å²) in [6, 6.07) is 10.8. The monoisotopic (exact) mass is 219 g/mol. The van der Waals surface area contributed by atoms with Gasteiger partial charge in [0.05, 0.1) is 0 Å². The van der Waals surface area contributed by atoms with Crippen molar-refractivity contribution < 1.29 is 0 Å². The number of hydrogen-bond donors (Lipinski definition) is 0. The van der Waals surface area contributed by atoms with Gasteiger partial charge in [-0.25, -0.2) is 0 Å². The average Bonchev–Trinajstić information content (AvgIpc) is 2.82. The predicted molar refractivity (Wildman–Crippen MR) is 72.9 cm³/mol. The molecule has 0 N–H and O–H groups in total. The molecule has 1 atom stereocenters. The summed E-state index contributed by atoms with van der Waals surface area (Å²) in [5, 5.41) is 0. The van der Waals surface area contributed by atoms with E-state index < -0.39 is 0 Å². The van der Waals surface area contributed by atoms with Crippen LogP contribution in [0.5, 0.6) is 0 Å². The molecule has 1 nitrogen and oxygen atoms in total. The van der Waals surface area contributed by atoms with Crippen LogP contribution >= 0.6 is 0 Å². The minimum absolute atomic E-state index is 0.823. The Bertz CT molecular complexity index is 279. The average molecular weight is 219 g/mol. The summed E-state index contributed by atoms with van der Waals surface area (Å²) in [6.45, 7) is 11.1. The summed E-state index contributed by atoms with van der Waals surface area (Å²) in [6.07, 6.45) is 1.35. The fourth-order valence-corrected chi connectivity index (χ4v) is 2.20. The van der Waals surface area contributed by atoms with Gasteiger partial charge in [-0.2, -0.15) is 0 Å². The molecule has 1 unspecified atom stereocenters. The highest BCUT2D eigenvalue weighted by Gasteiger charge is 2.24. The van der Waals surface area contributed by atoms with Crippen LogP contribution in [0.25, 0.3) is 0 Å². The van der Waals surface area contributed by atoms with Crippen LogP contribution in [0.3, 0.4) is 0 Å². The number of hydrogen-bond acceptors (Lipinski definition) is 1. The Labute approximate surface area is 100 Å². The van der Waals surface area contributed by atoms with Gasteiger partial charge >= 0.3 is 0 Å². The number of para-hydroxylation sites is 1. The number of rotatable bonds is 2. The van der Waals surface area contributed by atoms with Crippen molar-refractivity contribution in [1.82, 2.24) is 0 Å². The molecule has 1 heterocycles. The molecule has 0 aliphatic carbocycles. The van der Waals surface area contributed by atoms with Crippen LogP contribution in [0.15, 0.2) is 30.3 Å². The van der Waals surface area contributed by atoms with Gasteiger partial charge in [0.25, 0.3) is 0 Å². The van der Waals surface area contributed by atoms with Gasteiger partial charge in [0, 0.05) is 18.8 Å². The first-order valence-electron chi connectivity index (χ1n) is 6.57. The Hall–Kier alpha value is -0.980. The van der Waals surface area contributed by atoms with E-state index in [1.807, 2.05) is 13.8 Å². The van der Waals surface area contributed by atoms with Crippen molar-refractivity contribution in [1.29, 1.82) is 0 Å². The maximum absolute atomic E-state index is 2.50.